The number of carbonyl (C=O) groups is 1. The van der Waals surface area contributed by atoms with Crippen LogP contribution in [0.5, 0.6) is 0 Å². The number of thioether (sulfide) groups is 1. The fraction of sp³-hybridized carbons (Fsp3) is 0.417. The van der Waals surface area contributed by atoms with E-state index in [1.165, 1.54) is 0 Å². The zero-order valence-corrected chi connectivity index (χ0v) is 11.5. The van der Waals surface area contributed by atoms with E-state index in [-0.39, 0.29) is 5.78 Å². The number of unbranched alkanes of at least 4 members (excludes halogenated alkanes) is 1. The van der Waals surface area contributed by atoms with Gasteiger partial charge < -0.3 is 4.79 Å². The molecule has 0 aromatic heterocycles. The fourth-order valence-corrected chi connectivity index (χ4v) is 2.55. The van der Waals surface area contributed by atoms with Gasteiger partial charge in [-0.15, -0.1) is 11.8 Å². The Morgan fingerprint density at radius 1 is 1.25 bits per heavy atom. The van der Waals surface area contributed by atoms with E-state index in [2.05, 4.69) is 0 Å². The van der Waals surface area contributed by atoms with Crippen LogP contribution in [-0.4, -0.2) is 11.5 Å². The molecule has 0 aliphatic carbocycles. The number of Topliss-reactive ketones (excluding diaryl/α,β-unsaturated/α-hetero) is 1. The molecule has 0 radical (unpaired) electrons. The SMILES string of the molecule is CC(=O)CCCCSc1ccc(Cl)c(Cl)c1. The highest BCUT2D eigenvalue weighted by atomic mass is 35.5. The summed E-state index contributed by atoms with van der Waals surface area (Å²) < 4.78 is 0. The van der Waals surface area contributed by atoms with E-state index in [4.69, 9.17) is 23.2 Å². The Hall–Kier alpha value is -0.180. The van der Waals surface area contributed by atoms with E-state index in [1.807, 2.05) is 18.2 Å². The van der Waals surface area contributed by atoms with Gasteiger partial charge in [0, 0.05) is 11.3 Å². The lowest BCUT2D eigenvalue weighted by Gasteiger charge is -2.02. The summed E-state index contributed by atoms with van der Waals surface area (Å²) in [6.07, 6.45) is 2.69. The summed E-state index contributed by atoms with van der Waals surface area (Å²) >= 11 is 13.5. The third-order valence-electron chi connectivity index (χ3n) is 2.08. The first kappa shape index (κ1) is 13.9. The summed E-state index contributed by atoms with van der Waals surface area (Å²) in [5.41, 5.74) is 0. The molecule has 0 unspecified atom stereocenters. The van der Waals surface area contributed by atoms with Crippen LogP contribution in [0.15, 0.2) is 23.1 Å². The van der Waals surface area contributed by atoms with Gasteiger partial charge in [-0.3, -0.25) is 0 Å². The van der Waals surface area contributed by atoms with Gasteiger partial charge in [-0.2, -0.15) is 0 Å². The largest absolute Gasteiger partial charge is 0.300 e. The predicted octanol–water partition coefficient (Wildman–Crippen LogP) is 4.84. The van der Waals surface area contributed by atoms with Crippen molar-refractivity contribution in [2.45, 2.75) is 31.1 Å². The van der Waals surface area contributed by atoms with Crippen LogP contribution in [0.25, 0.3) is 0 Å². The Morgan fingerprint density at radius 2 is 2.00 bits per heavy atom. The molecule has 1 nitrogen and oxygen atoms in total. The van der Waals surface area contributed by atoms with Gasteiger partial charge in [0.05, 0.1) is 10.0 Å². The molecule has 88 valence electrons. The lowest BCUT2D eigenvalue weighted by atomic mass is 10.2. The van der Waals surface area contributed by atoms with Crippen LogP contribution in [0.3, 0.4) is 0 Å². The fourth-order valence-electron chi connectivity index (χ4n) is 1.23. The van der Waals surface area contributed by atoms with Gasteiger partial charge in [0.15, 0.2) is 0 Å². The summed E-state index contributed by atoms with van der Waals surface area (Å²) in [7, 11) is 0. The minimum absolute atomic E-state index is 0.263. The third kappa shape index (κ3) is 5.24. The van der Waals surface area contributed by atoms with Crippen molar-refractivity contribution in [3.8, 4) is 0 Å². The number of hydrogen-bond acceptors (Lipinski definition) is 2. The molecule has 0 amide bonds. The highest BCUT2D eigenvalue weighted by molar-refractivity contribution is 7.99. The first-order valence-electron chi connectivity index (χ1n) is 5.17. The molecule has 0 spiro atoms. The molecule has 16 heavy (non-hydrogen) atoms. The van der Waals surface area contributed by atoms with Gasteiger partial charge in [-0.1, -0.05) is 23.2 Å². The molecule has 0 aliphatic heterocycles. The summed E-state index contributed by atoms with van der Waals surface area (Å²) in [6, 6.07) is 5.64. The Labute approximate surface area is 111 Å². The van der Waals surface area contributed by atoms with Crippen LogP contribution in [0.2, 0.25) is 10.0 Å². The van der Waals surface area contributed by atoms with E-state index in [1.54, 1.807) is 18.7 Å². The van der Waals surface area contributed by atoms with Gasteiger partial charge in [0.1, 0.15) is 5.78 Å². The average molecular weight is 277 g/mol. The van der Waals surface area contributed by atoms with Gasteiger partial charge in [0.25, 0.3) is 0 Å². The Bertz CT molecular complexity index is 366. The van der Waals surface area contributed by atoms with Gasteiger partial charge in [-0.25, -0.2) is 0 Å². The standard InChI is InChI=1S/C12H14Cl2OS/c1-9(15)4-2-3-7-16-10-5-6-11(13)12(14)8-10/h5-6,8H,2-4,7H2,1H3. The van der Waals surface area contributed by atoms with E-state index in [0.717, 1.165) is 23.5 Å². The van der Waals surface area contributed by atoms with Crippen molar-refractivity contribution < 1.29 is 4.79 Å². The molecule has 1 aromatic rings. The molecule has 0 saturated heterocycles. The molecule has 0 N–H and O–H groups in total. The van der Waals surface area contributed by atoms with Gasteiger partial charge in [-0.05, 0) is 43.7 Å². The van der Waals surface area contributed by atoms with E-state index >= 15 is 0 Å². The van der Waals surface area contributed by atoms with Crippen molar-refractivity contribution in [1.29, 1.82) is 0 Å². The number of benzene rings is 1. The average Bonchev–Trinajstić information content (AvgIpc) is 2.22. The van der Waals surface area contributed by atoms with Crippen molar-refractivity contribution in [2.75, 3.05) is 5.75 Å². The van der Waals surface area contributed by atoms with E-state index < -0.39 is 0 Å². The first-order chi connectivity index (χ1) is 7.59. The quantitative estimate of drug-likeness (QED) is 0.546. The van der Waals surface area contributed by atoms with Crippen molar-refractivity contribution in [3.05, 3.63) is 28.2 Å². The molecule has 4 heteroatoms. The second-order valence-corrected chi connectivity index (χ2v) is 5.57. The molecular weight excluding hydrogens is 263 g/mol. The van der Waals surface area contributed by atoms with E-state index in [9.17, 15) is 4.79 Å². The minimum atomic E-state index is 0.263. The van der Waals surface area contributed by atoms with Crippen LogP contribution < -0.4 is 0 Å². The van der Waals surface area contributed by atoms with E-state index in [0.29, 0.717) is 16.5 Å². The number of ketones is 1. The molecule has 0 fully saturated rings. The predicted molar refractivity (Wildman–Crippen MR) is 71.7 cm³/mol. The Balaban J connectivity index is 2.27. The van der Waals surface area contributed by atoms with Crippen LogP contribution in [-0.2, 0) is 4.79 Å². The minimum Gasteiger partial charge on any atom is -0.300 e. The maximum atomic E-state index is 10.7. The van der Waals surface area contributed by atoms with Gasteiger partial charge >= 0.3 is 0 Å². The Morgan fingerprint density at radius 3 is 2.62 bits per heavy atom. The van der Waals surface area contributed by atoms with Gasteiger partial charge in [0.2, 0.25) is 0 Å². The zero-order chi connectivity index (χ0) is 12.0. The van der Waals surface area contributed by atoms with Crippen LogP contribution in [0.4, 0.5) is 0 Å². The first-order valence-corrected chi connectivity index (χ1v) is 6.91. The lowest BCUT2D eigenvalue weighted by molar-refractivity contribution is -0.117. The van der Waals surface area contributed by atoms with Crippen molar-refractivity contribution in [2.24, 2.45) is 0 Å². The number of hydrogen-bond donors (Lipinski definition) is 0. The lowest BCUT2D eigenvalue weighted by Crippen LogP contribution is -1.90. The number of rotatable bonds is 6. The van der Waals surface area contributed by atoms with Crippen molar-refractivity contribution in [3.63, 3.8) is 0 Å². The summed E-state index contributed by atoms with van der Waals surface area (Å²) in [6.45, 7) is 1.63. The monoisotopic (exact) mass is 276 g/mol. The summed E-state index contributed by atoms with van der Waals surface area (Å²) in [4.78, 5) is 11.8. The van der Waals surface area contributed by atoms with Crippen LogP contribution in [0.1, 0.15) is 26.2 Å². The normalized spacial score (nSPS) is 10.4. The molecule has 0 heterocycles. The molecule has 0 bridgehead atoms. The van der Waals surface area contributed by atoms with Crippen LogP contribution >= 0.6 is 35.0 Å². The summed E-state index contributed by atoms with van der Waals surface area (Å²) in [5.74, 6) is 1.27. The zero-order valence-electron chi connectivity index (χ0n) is 9.13. The maximum Gasteiger partial charge on any atom is 0.129 e. The second kappa shape index (κ2) is 7.21. The number of halogens is 2. The Kier molecular flexibility index (Phi) is 6.25. The highest BCUT2D eigenvalue weighted by Gasteiger charge is 2.00. The molecule has 0 saturated carbocycles. The second-order valence-electron chi connectivity index (χ2n) is 3.58. The highest BCUT2D eigenvalue weighted by Crippen LogP contribution is 2.28. The third-order valence-corrected chi connectivity index (χ3v) is 3.90. The molecule has 1 aromatic carbocycles. The van der Waals surface area contributed by atoms with Crippen molar-refractivity contribution in [1.82, 2.24) is 0 Å². The maximum absolute atomic E-state index is 10.7. The topological polar surface area (TPSA) is 17.1 Å². The number of carbonyl (C=O) groups excluding carboxylic acids is 1. The van der Waals surface area contributed by atoms with Crippen molar-refractivity contribution >= 4 is 40.7 Å². The molecule has 0 aliphatic rings. The molecular formula is C12H14Cl2OS. The molecule has 1 rings (SSSR count). The molecule has 0 atom stereocenters. The smallest absolute Gasteiger partial charge is 0.129 e. The van der Waals surface area contributed by atoms with Crippen LogP contribution in [0, 0.1) is 0 Å². The summed E-state index contributed by atoms with van der Waals surface area (Å²) in [5, 5.41) is 1.18.